The van der Waals surface area contributed by atoms with Crippen LogP contribution in [0.15, 0.2) is 48.8 Å². The molecule has 0 saturated carbocycles. The van der Waals surface area contributed by atoms with Gasteiger partial charge < -0.3 is 9.30 Å². The van der Waals surface area contributed by atoms with Gasteiger partial charge in [-0.05, 0) is 37.3 Å². The molecule has 168 valence electrons. The van der Waals surface area contributed by atoms with Crippen LogP contribution in [0.1, 0.15) is 30.1 Å². The molecular weight excluding hydrogens is 414 g/mol. The topological polar surface area (TPSA) is 75.6 Å². The number of benzene rings is 1. The van der Waals surface area contributed by atoms with Crippen molar-refractivity contribution in [1.29, 1.82) is 0 Å². The first-order valence-electron chi connectivity index (χ1n) is 11.4. The van der Waals surface area contributed by atoms with E-state index in [0.717, 1.165) is 65.1 Å². The first-order chi connectivity index (χ1) is 16.1. The molecule has 0 bridgehead atoms. The van der Waals surface area contributed by atoms with Crippen molar-refractivity contribution in [3.8, 4) is 11.3 Å². The molecule has 1 aliphatic rings. The van der Waals surface area contributed by atoms with E-state index < -0.39 is 0 Å². The summed E-state index contributed by atoms with van der Waals surface area (Å²) in [5.74, 6) is 0.462. The third-order valence-electron chi connectivity index (χ3n) is 6.93. The zero-order valence-electron chi connectivity index (χ0n) is 19.1. The van der Waals surface area contributed by atoms with Gasteiger partial charge in [0.1, 0.15) is 11.0 Å². The molecule has 1 aliphatic heterocycles. The maximum Gasteiger partial charge on any atom is 0.114 e. The lowest BCUT2D eigenvalue weighted by Gasteiger charge is -2.32. The summed E-state index contributed by atoms with van der Waals surface area (Å²) in [5, 5.41) is 13.0. The molecule has 5 aromatic rings. The molecule has 0 unspecified atom stereocenters. The number of nitrogens with zero attached hydrogens (tertiary/aromatic N) is 7. The first kappa shape index (κ1) is 20.1. The Morgan fingerprint density at radius 3 is 2.52 bits per heavy atom. The van der Waals surface area contributed by atoms with E-state index >= 15 is 0 Å². The van der Waals surface area contributed by atoms with Crippen molar-refractivity contribution in [1.82, 2.24) is 34.3 Å². The van der Waals surface area contributed by atoms with Crippen molar-refractivity contribution in [2.24, 2.45) is 20.0 Å². The van der Waals surface area contributed by atoms with Crippen molar-refractivity contribution in [3.05, 3.63) is 60.0 Å². The standard InChI is InChI=1S/C25H27N7O/c1-16-23(31(3)29-28-16)19-13-20-22(26-14-19)25-21(15-27-30(25)2)32(20)24(17-7-5-4-6-8-17)18-9-11-33-12-10-18/h4-8,13-15,18,24H,9-12H2,1-3H3/t24-/m1/s1. The number of ether oxygens (including phenoxy) is 1. The van der Waals surface area contributed by atoms with Gasteiger partial charge in [-0.15, -0.1) is 5.10 Å². The summed E-state index contributed by atoms with van der Waals surface area (Å²) < 4.78 is 11.9. The lowest BCUT2D eigenvalue weighted by molar-refractivity contribution is 0.0553. The smallest absolute Gasteiger partial charge is 0.114 e. The molecule has 8 heteroatoms. The van der Waals surface area contributed by atoms with Gasteiger partial charge in [0.2, 0.25) is 0 Å². The minimum Gasteiger partial charge on any atom is -0.381 e. The van der Waals surface area contributed by atoms with Crippen LogP contribution in [-0.4, -0.2) is 47.5 Å². The molecule has 0 radical (unpaired) electrons. The number of hydrogen-bond acceptors (Lipinski definition) is 5. The SMILES string of the molecule is Cc1nnn(C)c1-c1cnc2c3c(cnn3C)n([C@H](c3ccccc3)C3CCOCC3)c2c1. The van der Waals surface area contributed by atoms with Gasteiger partial charge in [0, 0.05) is 39.1 Å². The van der Waals surface area contributed by atoms with Gasteiger partial charge in [-0.25, -0.2) is 4.68 Å². The van der Waals surface area contributed by atoms with Crippen LogP contribution < -0.4 is 0 Å². The van der Waals surface area contributed by atoms with Gasteiger partial charge in [0.15, 0.2) is 0 Å². The van der Waals surface area contributed by atoms with E-state index in [2.05, 4.69) is 56.4 Å². The third kappa shape index (κ3) is 3.16. The van der Waals surface area contributed by atoms with Crippen LogP contribution in [0.5, 0.6) is 0 Å². The second-order valence-corrected chi connectivity index (χ2v) is 8.92. The first-order valence-corrected chi connectivity index (χ1v) is 11.4. The number of rotatable bonds is 4. The summed E-state index contributed by atoms with van der Waals surface area (Å²) in [4.78, 5) is 4.95. The number of aryl methyl sites for hydroxylation is 3. The largest absolute Gasteiger partial charge is 0.381 e. The molecule has 4 aromatic heterocycles. The molecule has 1 saturated heterocycles. The highest BCUT2D eigenvalue weighted by Gasteiger charge is 2.31. The van der Waals surface area contributed by atoms with Crippen molar-refractivity contribution in [3.63, 3.8) is 0 Å². The Bertz CT molecular complexity index is 1420. The van der Waals surface area contributed by atoms with Crippen LogP contribution in [0, 0.1) is 12.8 Å². The molecule has 0 spiro atoms. The summed E-state index contributed by atoms with van der Waals surface area (Å²) in [6.07, 6.45) is 5.96. The molecule has 1 atom stereocenters. The Labute approximate surface area is 191 Å². The number of hydrogen-bond donors (Lipinski definition) is 0. The summed E-state index contributed by atoms with van der Waals surface area (Å²) >= 11 is 0. The molecule has 0 aliphatic carbocycles. The molecule has 1 fully saturated rings. The van der Waals surface area contributed by atoms with Crippen molar-refractivity contribution in [2.45, 2.75) is 25.8 Å². The summed E-state index contributed by atoms with van der Waals surface area (Å²) in [5.41, 5.74) is 8.44. The summed E-state index contributed by atoms with van der Waals surface area (Å²) in [6.45, 7) is 3.58. The number of pyridine rings is 1. The molecular formula is C25H27N7O. The molecule has 8 nitrogen and oxygen atoms in total. The quantitative estimate of drug-likeness (QED) is 0.421. The van der Waals surface area contributed by atoms with E-state index in [-0.39, 0.29) is 6.04 Å². The monoisotopic (exact) mass is 441 g/mol. The Kier molecular flexibility index (Phi) is 4.76. The predicted molar refractivity (Wildman–Crippen MR) is 127 cm³/mol. The fraction of sp³-hybridized carbons (Fsp3) is 0.360. The lowest BCUT2D eigenvalue weighted by Crippen LogP contribution is -2.26. The van der Waals surface area contributed by atoms with Crippen molar-refractivity contribution in [2.75, 3.05) is 13.2 Å². The fourth-order valence-corrected chi connectivity index (χ4v) is 5.42. The number of fused-ring (bicyclic) bond motifs is 3. The Morgan fingerprint density at radius 1 is 1.00 bits per heavy atom. The van der Waals surface area contributed by atoms with E-state index in [9.17, 15) is 0 Å². The second kappa shape index (κ2) is 7.81. The third-order valence-corrected chi connectivity index (χ3v) is 6.93. The normalized spacial score (nSPS) is 16.1. The Morgan fingerprint density at radius 2 is 1.79 bits per heavy atom. The molecule has 5 heterocycles. The summed E-state index contributed by atoms with van der Waals surface area (Å²) in [7, 11) is 3.91. The minimum absolute atomic E-state index is 0.169. The second-order valence-electron chi connectivity index (χ2n) is 8.92. The van der Waals surface area contributed by atoms with Gasteiger partial charge in [-0.3, -0.25) is 9.67 Å². The van der Waals surface area contributed by atoms with Crippen molar-refractivity contribution < 1.29 is 4.74 Å². The van der Waals surface area contributed by atoms with E-state index in [0.29, 0.717) is 5.92 Å². The average Bonchev–Trinajstić information content (AvgIpc) is 3.49. The molecule has 0 N–H and O–H groups in total. The minimum atomic E-state index is 0.169. The average molecular weight is 442 g/mol. The van der Waals surface area contributed by atoms with Crippen LogP contribution in [0.3, 0.4) is 0 Å². The Hall–Kier alpha value is -3.52. The zero-order chi connectivity index (χ0) is 22.5. The van der Waals surface area contributed by atoms with Crippen LogP contribution in [-0.2, 0) is 18.8 Å². The highest BCUT2D eigenvalue weighted by atomic mass is 16.5. The Balaban J connectivity index is 1.65. The molecule has 33 heavy (non-hydrogen) atoms. The van der Waals surface area contributed by atoms with Crippen LogP contribution in [0.25, 0.3) is 33.3 Å². The van der Waals surface area contributed by atoms with E-state index in [1.54, 1.807) is 0 Å². The van der Waals surface area contributed by atoms with E-state index in [1.165, 1.54) is 5.56 Å². The predicted octanol–water partition coefficient (Wildman–Crippen LogP) is 4.04. The summed E-state index contributed by atoms with van der Waals surface area (Å²) in [6, 6.07) is 13.2. The zero-order valence-corrected chi connectivity index (χ0v) is 19.1. The van der Waals surface area contributed by atoms with Gasteiger partial charge in [-0.1, -0.05) is 35.5 Å². The van der Waals surface area contributed by atoms with Crippen LogP contribution in [0.4, 0.5) is 0 Å². The molecule has 1 aromatic carbocycles. The maximum atomic E-state index is 5.72. The van der Waals surface area contributed by atoms with Crippen molar-refractivity contribution >= 4 is 22.1 Å². The number of aromatic nitrogens is 7. The van der Waals surface area contributed by atoms with E-state index in [1.807, 2.05) is 42.8 Å². The van der Waals surface area contributed by atoms with E-state index in [4.69, 9.17) is 9.72 Å². The lowest BCUT2D eigenvalue weighted by atomic mass is 9.86. The van der Waals surface area contributed by atoms with Gasteiger partial charge in [-0.2, -0.15) is 5.10 Å². The van der Waals surface area contributed by atoms with Crippen LogP contribution >= 0.6 is 0 Å². The maximum absolute atomic E-state index is 5.72. The van der Waals surface area contributed by atoms with Crippen LogP contribution in [0.2, 0.25) is 0 Å². The van der Waals surface area contributed by atoms with Gasteiger partial charge >= 0.3 is 0 Å². The molecule has 6 rings (SSSR count). The highest BCUT2D eigenvalue weighted by Crippen LogP contribution is 2.40. The van der Waals surface area contributed by atoms with Gasteiger partial charge in [0.05, 0.1) is 34.7 Å². The van der Waals surface area contributed by atoms with Gasteiger partial charge in [0.25, 0.3) is 0 Å². The molecule has 0 amide bonds. The highest BCUT2D eigenvalue weighted by molar-refractivity contribution is 6.04. The fourth-order valence-electron chi connectivity index (χ4n) is 5.42.